The van der Waals surface area contributed by atoms with Crippen molar-refractivity contribution in [1.29, 1.82) is 0 Å². The van der Waals surface area contributed by atoms with Crippen molar-refractivity contribution in [2.75, 3.05) is 26.2 Å². The van der Waals surface area contributed by atoms with E-state index in [1.54, 1.807) is 0 Å². The van der Waals surface area contributed by atoms with Crippen molar-refractivity contribution in [1.82, 2.24) is 9.80 Å². The fourth-order valence-corrected chi connectivity index (χ4v) is 3.69. The Morgan fingerprint density at radius 3 is 2.64 bits per heavy atom. The number of hydrogen-bond acceptors (Lipinski definition) is 3. The number of amides is 1. The van der Waals surface area contributed by atoms with Gasteiger partial charge in [0.15, 0.2) is 0 Å². The summed E-state index contributed by atoms with van der Waals surface area (Å²) in [5, 5.41) is 11.7. The summed E-state index contributed by atoms with van der Waals surface area (Å²) in [6.07, 6.45) is 2.90. The van der Waals surface area contributed by atoms with Crippen LogP contribution in [0.4, 0.5) is 0 Å². The van der Waals surface area contributed by atoms with Crippen molar-refractivity contribution in [2.45, 2.75) is 38.8 Å². The maximum atomic E-state index is 12.8. The molecule has 1 heterocycles. The van der Waals surface area contributed by atoms with E-state index in [1.165, 1.54) is 16.3 Å². The predicted octanol–water partition coefficient (Wildman–Crippen LogP) is 3.04. The summed E-state index contributed by atoms with van der Waals surface area (Å²) in [6, 6.07) is 14.5. The topological polar surface area (TPSA) is 43.8 Å². The fraction of sp³-hybridized carbons (Fsp3) is 0.476. The Kier molecular flexibility index (Phi) is 6.05. The average Bonchev–Trinajstić information content (AvgIpc) is 3.18. The van der Waals surface area contributed by atoms with Crippen LogP contribution in [0.25, 0.3) is 10.8 Å². The lowest BCUT2D eigenvalue weighted by Crippen LogP contribution is -2.46. The molecule has 0 aliphatic carbocycles. The van der Waals surface area contributed by atoms with Gasteiger partial charge in [-0.15, -0.1) is 0 Å². The summed E-state index contributed by atoms with van der Waals surface area (Å²) < 4.78 is 0. The van der Waals surface area contributed by atoms with Crippen LogP contribution in [0.5, 0.6) is 0 Å². The first kappa shape index (κ1) is 17.9. The molecular weight excluding hydrogens is 312 g/mol. The quantitative estimate of drug-likeness (QED) is 0.842. The van der Waals surface area contributed by atoms with Crippen LogP contribution in [0.1, 0.15) is 31.7 Å². The first-order valence-electron chi connectivity index (χ1n) is 9.31. The van der Waals surface area contributed by atoms with Gasteiger partial charge in [0.25, 0.3) is 0 Å². The fourth-order valence-electron chi connectivity index (χ4n) is 3.69. The minimum absolute atomic E-state index is 0.149. The second kappa shape index (κ2) is 8.45. The molecule has 1 aliphatic heterocycles. The molecule has 1 N–H and O–H groups in total. The molecule has 134 valence electrons. The molecule has 4 heteroatoms. The van der Waals surface area contributed by atoms with E-state index in [0.29, 0.717) is 6.42 Å². The second-order valence-corrected chi connectivity index (χ2v) is 6.89. The molecule has 0 spiro atoms. The highest BCUT2D eigenvalue weighted by molar-refractivity contribution is 5.86. The molecule has 25 heavy (non-hydrogen) atoms. The van der Waals surface area contributed by atoms with E-state index in [1.807, 2.05) is 11.8 Å². The zero-order chi connectivity index (χ0) is 17.6. The van der Waals surface area contributed by atoms with E-state index in [0.717, 1.165) is 39.0 Å². The van der Waals surface area contributed by atoms with Crippen LogP contribution in [-0.2, 0) is 11.3 Å². The van der Waals surface area contributed by atoms with Gasteiger partial charge >= 0.3 is 0 Å². The van der Waals surface area contributed by atoms with Gasteiger partial charge in [0.2, 0.25) is 5.91 Å². The number of aliphatic hydroxyl groups is 1. The maximum Gasteiger partial charge on any atom is 0.239 e. The summed E-state index contributed by atoms with van der Waals surface area (Å²) >= 11 is 0. The minimum atomic E-state index is -0.163. The molecule has 2 aromatic rings. The van der Waals surface area contributed by atoms with Crippen LogP contribution in [0.3, 0.4) is 0 Å². The number of fused-ring (bicyclic) bond motifs is 1. The van der Waals surface area contributed by atoms with E-state index in [2.05, 4.69) is 47.4 Å². The maximum absolute atomic E-state index is 12.8. The third kappa shape index (κ3) is 4.20. The number of aliphatic hydroxyl groups excluding tert-OH is 1. The first-order chi connectivity index (χ1) is 12.2. The summed E-state index contributed by atoms with van der Waals surface area (Å²) in [5.74, 6) is 0.218. The minimum Gasteiger partial charge on any atom is -0.396 e. The Bertz CT molecular complexity index is 705. The molecule has 4 nitrogen and oxygen atoms in total. The van der Waals surface area contributed by atoms with Crippen molar-refractivity contribution >= 4 is 16.7 Å². The van der Waals surface area contributed by atoms with Gasteiger partial charge in [0.1, 0.15) is 0 Å². The lowest BCUT2D eigenvalue weighted by atomic mass is 10.0. The normalized spacial score (nSPS) is 15.9. The molecule has 3 rings (SSSR count). The van der Waals surface area contributed by atoms with Crippen molar-refractivity contribution < 1.29 is 9.90 Å². The number of likely N-dealkylation sites (tertiary alicyclic amines) is 1. The Balaban J connectivity index is 1.81. The number of nitrogens with zero attached hydrogens (tertiary/aromatic N) is 2. The van der Waals surface area contributed by atoms with E-state index < -0.39 is 0 Å². The van der Waals surface area contributed by atoms with Gasteiger partial charge in [-0.1, -0.05) is 42.5 Å². The van der Waals surface area contributed by atoms with Gasteiger partial charge in [-0.3, -0.25) is 9.69 Å². The molecule has 0 aromatic heterocycles. The molecule has 0 unspecified atom stereocenters. The smallest absolute Gasteiger partial charge is 0.239 e. The van der Waals surface area contributed by atoms with E-state index in [9.17, 15) is 9.90 Å². The summed E-state index contributed by atoms with van der Waals surface area (Å²) in [7, 11) is 0. The van der Waals surface area contributed by atoms with Gasteiger partial charge in [0.05, 0.1) is 6.04 Å². The van der Waals surface area contributed by atoms with Gasteiger partial charge < -0.3 is 10.0 Å². The van der Waals surface area contributed by atoms with E-state index in [4.69, 9.17) is 0 Å². The van der Waals surface area contributed by atoms with Crippen LogP contribution >= 0.6 is 0 Å². The largest absolute Gasteiger partial charge is 0.396 e. The monoisotopic (exact) mass is 340 g/mol. The SMILES string of the molecule is C[C@@H](C(=O)N1CCCC1)N(CCCO)Cc1cccc2ccccc12. The summed E-state index contributed by atoms with van der Waals surface area (Å²) in [6.45, 7) is 5.36. The van der Waals surface area contributed by atoms with Crippen molar-refractivity contribution in [3.8, 4) is 0 Å². The molecule has 1 atom stereocenters. The third-order valence-electron chi connectivity index (χ3n) is 5.18. The second-order valence-electron chi connectivity index (χ2n) is 6.89. The van der Waals surface area contributed by atoms with Crippen LogP contribution < -0.4 is 0 Å². The molecule has 0 radical (unpaired) electrons. The number of rotatable bonds is 7. The molecule has 0 saturated carbocycles. The number of carbonyl (C=O) groups excluding carboxylic acids is 1. The zero-order valence-electron chi connectivity index (χ0n) is 15.0. The lowest BCUT2D eigenvalue weighted by Gasteiger charge is -2.31. The average molecular weight is 340 g/mol. The Labute approximate surface area is 150 Å². The Morgan fingerprint density at radius 1 is 1.16 bits per heavy atom. The predicted molar refractivity (Wildman–Crippen MR) is 101 cm³/mol. The third-order valence-corrected chi connectivity index (χ3v) is 5.18. The molecule has 1 fully saturated rings. The van der Waals surface area contributed by atoms with Crippen LogP contribution in [0.2, 0.25) is 0 Å². The molecule has 1 saturated heterocycles. The van der Waals surface area contributed by atoms with E-state index >= 15 is 0 Å². The first-order valence-corrected chi connectivity index (χ1v) is 9.31. The van der Waals surface area contributed by atoms with Crippen LogP contribution in [0, 0.1) is 0 Å². The van der Waals surface area contributed by atoms with Crippen molar-refractivity contribution in [2.24, 2.45) is 0 Å². The van der Waals surface area contributed by atoms with Crippen molar-refractivity contribution in [3.05, 3.63) is 48.0 Å². The van der Waals surface area contributed by atoms with E-state index in [-0.39, 0.29) is 18.6 Å². The molecule has 0 bridgehead atoms. The molecular formula is C21H28N2O2. The molecule has 2 aromatic carbocycles. The van der Waals surface area contributed by atoms with Crippen molar-refractivity contribution in [3.63, 3.8) is 0 Å². The summed E-state index contributed by atoms with van der Waals surface area (Å²) in [5.41, 5.74) is 1.23. The van der Waals surface area contributed by atoms with Gasteiger partial charge in [-0.05, 0) is 42.5 Å². The Morgan fingerprint density at radius 2 is 1.88 bits per heavy atom. The van der Waals surface area contributed by atoms with Gasteiger partial charge in [-0.25, -0.2) is 0 Å². The zero-order valence-corrected chi connectivity index (χ0v) is 15.0. The number of benzene rings is 2. The van der Waals surface area contributed by atoms with Gasteiger partial charge in [0, 0.05) is 32.8 Å². The number of carbonyl (C=O) groups is 1. The lowest BCUT2D eigenvalue weighted by molar-refractivity contribution is -0.135. The standard InChI is InChI=1S/C21H28N2O2/c1-17(21(25)22-12-4-5-13-22)23(14-7-15-24)16-19-10-6-9-18-8-2-3-11-20(18)19/h2-3,6,8-11,17,24H,4-5,7,12-16H2,1H3/t17-/m0/s1. The number of hydrogen-bond donors (Lipinski definition) is 1. The highest BCUT2D eigenvalue weighted by Gasteiger charge is 2.27. The highest BCUT2D eigenvalue weighted by atomic mass is 16.3. The van der Waals surface area contributed by atoms with Crippen LogP contribution in [-0.4, -0.2) is 53.1 Å². The molecule has 1 aliphatic rings. The Hall–Kier alpha value is -1.91. The summed E-state index contributed by atoms with van der Waals surface area (Å²) in [4.78, 5) is 17.0. The highest BCUT2D eigenvalue weighted by Crippen LogP contribution is 2.22. The van der Waals surface area contributed by atoms with Crippen LogP contribution in [0.15, 0.2) is 42.5 Å². The van der Waals surface area contributed by atoms with Gasteiger partial charge in [-0.2, -0.15) is 0 Å². The molecule has 1 amide bonds.